The largest absolute Gasteiger partial charge is 0.299 e. The molecule has 1 unspecified atom stereocenters. The molecule has 180 valence electrons. The van der Waals surface area contributed by atoms with Crippen molar-refractivity contribution >= 4 is 11.6 Å². The topological polar surface area (TPSA) is 34.1 Å². The van der Waals surface area contributed by atoms with Crippen molar-refractivity contribution in [2.24, 2.45) is 45.3 Å². The Labute approximate surface area is 197 Å². The predicted octanol–water partition coefficient (Wildman–Crippen LogP) is 7.95. The van der Waals surface area contributed by atoms with Gasteiger partial charge in [-0.25, -0.2) is 0 Å². The third-order valence-electron chi connectivity index (χ3n) is 11.4. The zero-order valence-corrected chi connectivity index (χ0v) is 22.2. The third kappa shape index (κ3) is 3.24. The highest BCUT2D eigenvalue weighted by Crippen LogP contribution is 2.71. The molecule has 0 bridgehead atoms. The summed E-state index contributed by atoms with van der Waals surface area (Å²) in [4.78, 5) is 26.8. The Morgan fingerprint density at radius 1 is 0.906 bits per heavy atom. The Kier molecular flexibility index (Phi) is 5.91. The number of carbonyl (C=O) groups is 2. The first-order valence-electron chi connectivity index (χ1n) is 13.6. The van der Waals surface area contributed by atoms with Crippen LogP contribution in [-0.2, 0) is 9.59 Å². The monoisotopic (exact) mass is 440 g/mol. The van der Waals surface area contributed by atoms with E-state index in [0.29, 0.717) is 35.7 Å². The summed E-state index contributed by atoms with van der Waals surface area (Å²) in [7, 11) is 0. The highest BCUT2D eigenvalue weighted by atomic mass is 16.1. The molecule has 0 aromatic heterocycles. The highest BCUT2D eigenvalue weighted by Gasteiger charge is 2.65. The number of allylic oxidation sites excluding steroid dienone is 2. The average Bonchev–Trinajstić information content (AvgIpc) is 2.96. The summed E-state index contributed by atoms with van der Waals surface area (Å²) in [5, 5.41) is 0. The lowest BCUT2D eigenvalue weighted by molar-refractivity contribution is -0.142. The van der Waals surface area contributed by atoms with Gasteiger partial charge in [-0.05, 0) is 66.6 Å². The van der Waals surface area contributed by atoms with Crippen molar-refractivity contribution in [2.75, 3.05) is 0 Å². The number of Topliss-reactive ketones (excluding diaryl/α,β-unsaturated/α-hetero) is 2. The molecule has 0 radical (unpaired) electrons. The Balaban J connectivity index is 1.69. The van der Waals surface area contributed by atoms with Gasteiger partial charge in [-0.1, -0.05) is 80.2 Å². The molecule has 4 aliphatic carbocycles. The summed E-state index contributed by atoms with van der Waals surface area (Å²) in [6, 6.07) is 0. The van der Waals surface area contributed by atoms with Gasteiger partial charge in [-0.3, -0.25) is 9.59 Å². The van der Waals surface area contributed by atoms with Gasteiger partial charge in [0.25, 0.3) is 0 Å². The fourth-order valence-electron chi connectivity index (χ4n) is 9.30. The summed E-state index contributed by atoms with van der Waals surface area (Å²) in [6.45, 7) is 18.7. The molecule has 2 fully saturated rings. The van der Waals surface area contributed by atoms with Crippen molar-refractivity contribution in [3.05, 3.63) is 11.1 Å². The quantitative estimate of drug-likeness (QED) is 0.434. The second-order valence-corrected chi connectivity index (χ2v) is 13.8. The fourth-order valence-corrected chi connectivity index (χ4v) is 9.30. The molecule has 4 rings (SSSR count). The van der Waals surface area contributed by atoms with Gasteiger partial charge in [0.15, 0.2) is 5.78 Å². The van der Waals surface area contributed by atoms with Crippen molar-refractivity contribution in [3.8, 4) is 0 Å². The van der Waals surface area contributed by atoms with E-state index in [1.54, 1.807) is 0 Å². The number of fused-ring (bicyclic) bond motifs is 4. The second kappa shape index (κ2) is 7.81. The third-order valence-corrected chi connectivity index (χ3v) is 11.4. The van der Waals surface area contributed by atoms with E-state index in [2.05, 4.69) is 55.4 Å². The number of hydrogen-bond acceptors (Lipinski definition) is 2. The smallest absolute Gasteiger partial charge is 0.159 e. The summed E-state index contributed by atoms with van der Waals surface area (Å²) in [5.74, 6) is 3.25. The first-order valence-corrected chi connectivity index (χ1v) is 13.6. The lowest BCUT2D eigenvalue weighted by Crippen LogP contribution is -2.56. The molecular weight excluding hydrogens is 392 g/mol. The van der Waals surface area contributed by atoms with E-state index in [1.807, 2.05) is 0 Å². The van der Waals surface area contributed by atoms with E-state index in [0.717, 1.165) is 31.6 Å². The van der Waals surface area contributed by atoms with Gasteiger partial charge in [0.05, 0.1) is 0 Å². The van der Waals surface area contributed by atoms with Crippen LogP contribution in [-0.4, -0.2) is 11.6 Å². The lowest BCUT2D eigenvalue weighted by Gasteiger charge is -2.60. The first-order chi connectivity index (χ1) is 14.8. The minimum absolute atomic E-state index is 0.0867. The summed E-state index contributed by atoms with van der Waals surface area (Å²) in [5.41, 5.74) is 2.50. The fraction of sp³-hybridized carbons (Fsp3) is 0.867. The van der Waals surface area contributed by atoms with Crippen molar-refractivity contribution < 1.29 is 9.59 Å². The molecule has 6 atom stereocenters. The molecule has 2 nitrogen and oxygen atoms in total. The van der Waals surface area contributed by atoms with Crippen LogP contribution in [0, 0.1) is 45.3 Å². The summed E-state index contributed by atoms with van der Waals surface area (Å²) in [6.07, 6.45) is 10.7. The van der Waals surface area contributed by atoms with E-state index in [9.17, 15) is 9.59 Å². The predicted molar refractivity (Wildman–Crippen MR) is 132 cm³/mol. The molecule has 32 heavy (non-hydrogen) atoms. The highest BCUT2D eigenvalue weighted by molar-refractivity contribution is 6.00. The zero-order chi connectivity index (χ0) is 23.7. The van der Waals surface area contributed by atoms with Crippen molar-refractivity contribution in [3.63, 3.8) is 0 Å². The lowest BCUT2D eigenvalue weighted by atomic mass is 9.43. The van der Waals surface area contributed by atoms with Crippen LogP contribution in [0.2, 0.25) is 0 Å². The molecule has 0 aliphatic heterocycles. The molecule has 2 saturated carbocycles. The molecule has 0 amide bonds. The van der Waals surface area contributed by atoms with E-state index in [-0.39, 0.29) is 21.7 Å². The average molecular weight is 441 g/mol. The molecule has 0 spiro atoms. The van der Waals surface area contributed by atoms with Gasteiger partial charge >= 0.3 is 0 Å². The normalized spacial score (nSPS) is 42.0. The van der Waals surface area contributed by atoms with Crippen LogP contribution in [0.5, 0.6) is 0 Å². The second-order valence-electron chi connectivity index (χ2n) is 13.8. The minimum Gasteiger partial charge on any atom is -0.299 e. The molecule has 0 heterocycles. The maximum atomic E-state index is 14.0. The van der Waals surface area contributed by atoms with Crippen molar-refractivity contribution in [1.29, 1.82) is 0 Å². The Morgan fingerprint density at radius 2 is 1.59 bits per heavy atom. The SMILES string of the molecule is CC(C)CCC[C@@H](C)[C@@H]1CC[C@]2(C)C3=C(C(=O)C[C@@]12C)[C@@]1(C)CCC(=O)C(C)(C)C1CC3. The van der Waals surface area contributed by atoms with Gasteiger partial charge in [0.1, 0.15) is 5.78 Å². The molecule has 0 N–H and O–H groups in total. The summed E-state index contributed by atoms with van der Waals surface area (Å²) >= 11 is 0. The number of rotatable bonds is 5. The van der Waals surface area contributed by atoms with Crippen molar-refractivity contribution in [1.82, 2.24) is 0 Å². The van der Waals surface area contributed by atoms with Gasteiger partial charge in [-0.2, -0.15) is 0 Å². The molecule has 0 aromatic carbocycles. The molecule has 2 heteroatoms. The van der Waals surface area contributed by atoms with Gasteiger partial charge in [0, 0.05) is 29.2 Å². The van der Waals surface area contributed by atoms with Crippen LogP contribution in [0.3, 0.4) is 0 Å². The zero-order valence-electron chi connectivity index (χ0n) is 22.2. The number of ketones is 2. The Hall–Kier alpha value is -0.920. The molecule has 4 aliphatic rings. The van der Waals surface area contributed by atoms with E-state index >= 15 is 0 Å². The first kappa shape index (κ1) is 24.2. The Morgan fingerprint density at radius 3 is 2.25 bits per heavy atom. The van der Waals surface area contributed by atoms with Gasteiger partial charge in [-0.15, -0.1) is 0 Å². The number of hydrogen-bond donors (Lipinski definition) is 0. The van der Waals surface area contributed by atoms with Crippen LogP contribution in [0.4, 0.5) is 0 Å². The van der Waals surface area contributed by atoms with E-state index in [4.69, 9.17) is 0 Å². The van der Waals surface area contributed by atoms with Crippen LogP contribution in [0.15, 0.2) is 11.1 Å². The maximum absolute atomic E-state index is 14.0. The van der Waals surface area contributed by atoms with Crippen LogP contribution >= 0.6 is 0 Å². The maximum Gasteiger partial charge on any atom is 0.159 e. The van der Waals surface area contributed by atoms with E-state index < -0.39 is 0 Å². The van der Waals surface area contributed by atoms with Crippen LogP contribution < -0.4 is 0 Å². The Bertz CT molecular complexity index is 832. The minimum atomic E-state index is -0.309. The van der Waals surface area contributed by atoms with E-state index in [1.165, 1.54) is 43.3 Å². The molecule has 0 saturated heterocycles. The molecule has 0 aromatic rings. The van der Waals surface area contributed by atoms with Gasteiger partial charge in [0.2, 0.25) is 0 Å². The summed E-state index contributed by atoms with van der Waals surface area (Å²) < 4.78 is 0. The standard InChI is InChI=1S/C30H48O2/c1-19(2)10-9-11-20(3)21-14-17-29(7)22-12-13-24-27(4,5)25(32)15-16-28(24,6)26(22)23(31)18-30(21,29)8/h19-21,24H,9-18H2,1-8H3/t20-,21+,24?,28+,29-,30+/m1/s1. The van der Waals surface area contributed by atoms with Crippen molar-refractivity contribution in [2.45, 2.75) is 120 Å². The number of carbonyl (C=O) groups excluding carboxylic acids is 2. The molecular formula is C30H48O2. The van der Waals surface area contributed by atoms with Crippen LogP contribution in [0.1, 0.15) is 120 Å². The van der Waals surface area contributed by atoms with Gasteiger partial charge < -0.3 is 0 Å². The van der Waals surface area contributed by atoms with Crippen LogP contribution in [0.25, 0.3) is 0 Å².